The van der Waals surface area contributed by atoms with E-state index in [1.165, 1.54) is 30.8 Å². The second-order valence-electron chi connectivity index (χ2n) is 6.68. The van der Waals surface area contributed by atoms with Gasteiger partial charge in [0.25, 0.3) is 0 Å². The third kappa shape index (κ3) is 5.28. The fourth-order valence-electron chi connectivity index (χ4n) is 3.36. The molecule has 2 atom stereocenters. The van der Waals surface area contributed by atoms with Crippen molar-refractivity contribution in [3.63, 3.8) is 0 Å². The molecule has 1 aliphatic rings. The molecule has 122 valence electrons. The number of piperidine rings is 1. The molecule has 2 unspecified atom stereocenters. The van der Waals surface area contributed by atoms with Gasteiger partial charge in [0, 0.05) is 18.8 Å². The minimum Gasteiger partial charge on any atom is -0.371 e. The summed E-state index contributed by atoms with van der Waals surface area (Å²) in [5.74, 6) is 1.57. The van der Waals surface area contributed by atoms with Gasteiger partial charge < -0.3 is 4.90 Å². The van der Waals surface area contributed by atoms with Crippen LogP contribution in [-0.4, -0.2) is 13.1 Å². The highest BCUT2D eigenvalue weighted by molar-refractivity contribution is 5.59. The average molecular weight is 307 g/mol. The van der Waals surface area contributed by atoms with E-state index in [0.29, 0.717) is 0 Å². The second kappa shape index (κ2) is 8.57. The third-order valence-electron chi connectivity index (χ3n) is 4.26. The van der Waals surface area contributed by atoms with Crippen LogP contribution in [0.5, 0.6) is 0 Å². The number of nitrogens with zero attached hydrogens (tertiary/aromatic N) is 1. The number of benzene rings is 1. The number of allylic oxidation sites excluding steroid dienone is 6. The van der Waals surface area contributed by atoms with E-state index in [2.05, 4.69) is 67.8 Å². The molecule has 1 heterocycles. The molecular weight excluding hydrogens is 278 g/mol. The van der Waals surface area contributed by atoms with Crippen molar-refractivity contribution >= 4 is 11.8 Å². The Balaban J connectivity index is 2.07. The first-order chi connectivity index (χ1) is 11.1. The normalized spacial score (nSPS) is 22.9. The fourth-order valence-corrected chi connectivity index (χ4v) is 3.36. The summed E-state index contributed by atoms with van der Waals surface area (Å²) in [6.45, 7) is 12.9. The predicted octanol–water partition coefficient (Wildman–Crippen LogP) is 5.87. The van der Waals surface area contributed by atoms with E-state index in [0.717, 1.165) is 17.4 Å². The first-order valence-electron chi connectivity index (χ1n) is 8.61. The first kappa shape index (κ1) is 17.3. The smallest absolute Gasteiger partial charge is 0.0366 e. The SMILES string of the molecule is C=C/C=C(\C=C/C)/C=C/c1ccc(N2CC(C)CC(C)C2)cc1. The van der Waals surface area contributed by atoms with Gasteiger partial charge in [0.05, 0.1) is 0 Å². The van der Waals surface area contributed by atoms with Crippen LogP contribution in [0, 0.1) is 11.8 Å². The van der Waals surface area contributed by atoms with E-state index in [1.54, 1.807) is 0 Å². The molecule has 0 saturated carbocycles. The Morgan fingerprint density at radius 1 is 1.09 bits per heavy atom. The topological polar surface area (TPSA) is 3.24 Å². The molecular formula is C22H29N. The summed E-state index contributed by atoms with van der Waals surface area (Å²) in [5, 5.41) is 0. The zero-order chi connectivity index (χ0) is 16.7. The fraction of sp³-hybridized carbons (Fsp3) is 0.364. The van der Waals surface area contributed by atoms with Crippen LogP contribution in [0.1, 0.15) is 32.8 Å². The molecule has 1 fully saturated rings. The van der Waals surface area contributed by atoms with Crippen molar-refractivity contribution in [3.8, 4) is 0 Å². The van der Waals surface area contributed by atoms with Crippen molar-refractivity contribution < 1.29 is 0 Å². The molecule has 0 radical (unpaired) electrons. The molecule has 2 rings (SSSR count). The summed E-state index contributed by atoms with van der Waals surface area (Å²) < 4.78 is 0. The van der Waals surface area contributed by atoms with Crippen molar-refractivity contribution in [2.75, 3.05) is 18.0 Å². The Morgan fingerprint density at radius 3 is 2.30 bits per heavy atom. The molecule has 23 heavy (non-hydrogen) atoms. The Kier molecular flexibility index (Phi) is 6.46. The largest absolute Gasteiger partial charge is 0.371 e. The molecule has 0 amide bonds. The van der Waals surface area contributed by atoms with Gasteiger partial charge in [-0.2, -0.15) is 0 Å². The third-order valence-corrected chi connectivity index (χ3v) is 4.26. The zero-order valence-corrected chi connectivity index (χ0v) is 14.7. The molecule has 0 aliphatic carbocycles. The van der Waals surface area contributed by atoms with Crippen molar-refractivity contribution in [1.82, 2.24) is 0 Å². The van der Waals surface area contributed by atoms with E-state index >= 15 is 0 Å². The standard InChI is InChI=1S/C22H29N/c1-5-7-20(8-6-2)9-10-21-11-13-22(14-12-21)23-16-18(3)15-19(4)17-23/h5-14,18-19H,1,15-17H2,2-4H3/b8-6-,10-9+,20-7+. The number of hydrogen-bond donors (Lipinski definition) is 0. The van der Waals surface area contributed by atoms with Crippen LogP contribution in [0.15, 0.2) is 66.8 Å². The molecule has 0 aromatic heterocycles. The summed E-state index contributed by atoms with van der Waals surface area (Å²) in [6, 6.07) is 8.90. The van der Waals surface area contributed by atoms with Crippen LogP contribution < -0.4 is 4.90 Å². The predicted molar refractivity (Wildman–Crippen MR) is 104 cm³/mol. The van der Waals surface area contributed by atoms with Crippen LogP contribution in [-0.2, 0) is 0 Å². The number of anilines is 1. The molecule has 1 aliphatic heterocycles. The van der Waals surface area contributed by atoms with Gasteiger partial charge in [-0.3, -0.25) is 0 Å². The van der Waals surface area contributed by atoms with Gasteiger partial charge in [-0.05, 0) is 48.4 Å². The Morgan fingerprint density at radius 2 is 1.74 bits per heavy atom. The maximum absolute atomic E-state index is 3.76. The molecule has 1 aromatic rings. The van der Waals surface area contributed by atoms with E-state index in [1.807, 2.05) is 25.2 Å². The monoisotopic (exact) mass is 307 g/mol. The van der Waals surface area contributed by atoms with Crippen LogP contribution in [0.25, 0.3) is 6.08 Å². The summed E-state index contributed by atoms with van der Waals surface area (Å²) in [5.41, 5.74) is 3.73. The van der Waals surface area contributed by atoms with Crippen LogP contribution >= 0.6 is 0 Å². The van der Waals surface area contributed by atoms with Gasteiger partial charge in [-0.1, -0.05) is 69.0 Å². The molecule has 1 aromatic carbocycles. The van der Waals surface area contributed by atoms with E-state index < -0.39 is 0 Å². The molecule has 1 heteroatoms. The molecule has 1 nitrogen and oxygen atoms in total. The summed E-state index contributed by atoms with van der Waals surface area (Å²) in [4.78, 5) is 2.52. The van der Waals surface area contributed by atoms with Crippen LogP contribution in [0.3, 0.4) is 0 Å². The minimum absolute atomic E-state index is 0.783. The lowest BCUT2D eigenvalue weighted by atomic mass is 9.91. The summed E-state index contributed by atoms with van der Waals surface area (Å²) >= 11 is 0. The molecule has 0 N–H and O–H groups in total. The molecule has 0 spiro atoms. The lowest BCUT2D eigenvalue weighted by Crippen LogP contribution is -2.38. The van der Waals surface area contributed by atoms with Crippen molar-refractivity contribution in [2.24, 2.45) is 11.8 Å². The van der Waals surface area contributed by atoms with Crippen LogP contribution in [0.2, 0.25) is 0 Å². The van der Waals surface area contributed by atoms with Gasteiger partial charge >= 0.3 is 0 Å². The molecule has 1 saturated heterocycles. The summed E-state index contributed by atoms with van der Waals surface area (Å²) in [7, 11) is 0. The van der Waals surface area contributed by atoms with Gasteiger partial charge in [0.15, 0.2) is 0 Å². The highest BCUT2D eigenvalue weighted by Crippen LogP contribution is 2.26. The highest BCUT2D eigenvalue weighted by Gasteiger charge is 2.21. The van der Waals surface area contributed by atoms with Gasteiger partial charge in [-0.25, -0.2) is 0 Å². The lowest BCUT2D eigenvalue weighted by Gasteiger charge is -2.36. The Hall–Kier alpha value is -2.02. The lowest BCUT2D eigenvalue weighted by molar-refractivity contribution is 0.357. The maximum atomic E-state index is 3.76. The van der Waals surface area contributed by atoms with E-state index in [4.69, 9.17) is 0 Å². The van der Waals surface area contributed by atoms with Gasteiger partial charge in [0.1, 0.15) is 0 Å². The quantitative estimate of drug-likeness (QED) is 0.615. The van der Waals surface area contributed by atoms with Crippen molar-refractivity contribution in [1.29, 1.82) is 0 Å². The molecule has 0 bridgehead atoms. The summed E-state index contributed by atoms with van der Waals surface area (Å²) in [6.07, 6.45) is 13.6. The minimum atomic E-state index is 0.783. The Labute approximate surface area is 141 Å². The van der Waals surface area contributed by atoms with Gasteiger partial charge in [-0.15, -0.1) is 0 Å². The second-order valence-corrected chi connectivity index (χ2v) is 6.68. The Bertz CT molecular complexity index is 579. The number of hydrogen-bond acceptors (Lipinski definition) is 1. The van der Waals surface area contributed by atoms with Crippen LogP contribution in [0.4, 0.5) is 5.69 Å². The van der Waals surface area contributed by atoms with E-state index in [9.17, 15) is 0 Å². The first-order valence-corrected chi connectivity index (χ1v) is 8.61. The highest BCUT2D eigenvalue weighted by atomic mass is 15.1. The average Bonchev–Trinajstić information content (AvgIpc) is 2.52. The maximum Gasteiger partial charge on any atom is 0.0366 e. The van der Waals surface area contributed by atoms with Crippen molar-refractivity contribution in [3.05, 3.63) is 72.4 Å². The van der Waals surface area contributed by atoms with E-state index in [-0.39, 0.29) is 0 Å². The van der Waals surface area contributed by atoms with Crippen molar-refractivity contribution in [2.45, 2.75) is 27.2 Å². The zero-order valence-electron chi connectivity index (χ0n) is 14.7. The van der Waals surface area contributed by atoms with Gasteiger partial charge in [0.2, 0.25) is 0 Å². The number of rotatable bonds is 5.